The molecule has 3 heterocycles. The molecule has 6 heteroatoms. The number of H-pyrrole nitrogens is 2. The van der Waals surface area contributed by atoms with Crippen LogP contribution in [-0.4, -0.2) is 15.1 Å². The van der Waals surface area contributed by atoms with E-state index in [0.29, 0.717) is 15.0 Å². The monoisotopic (exact) mass is 248 g/mol. The zero-order chi connectivity index (χ0) is 12.2. The number of aromatic hydroxyl groups is 1. The van der Waals surface area contributed by atoms with Crippen molar-refractivity contribution in [2.45, 2.75) is 6.92 Å². The van der Waals surface area contributed by atoms with E-state index >= 15 is 0 Å². The zero-order valence-electron chi connectivity index (χ0n) is 8.83. The molecule has 0 bridgehead atoms. The predicted octanol–water partition coefficient (Wildman–Crippen LogP) is 1.45. The van der Waals surface area contributed by atoms with Gasteiger partial charge in [0.1, 0.15) is 10.6 Å². The first-order valence-corrected chi connectivity index (χ1v) is 5.76. The van der Waals surface area contributed by atoms with Crippen molar-refractivity contribution in [2.24, 2.45) is 0 Å². The van der Waals surface area contributed by atoms with E-state index in [2.05, 4.69) is 9.97 Å². The molecule has 3 N–H and O–H groups in total. The van der Waals surface area contributed by atoms with Crippen molar-refractivity contribution in [3.05, 3.63) is 38.4 Å². The molecule has 0 aliphatic heterocycles. The molecule has 0 spiro atoms. The highest BCUT2D eigenvalue weighted by Crippen LogP contribution is 2.36. The van der Waals surface area contributed by atoms with Gasteiger partial charge in [0.05, 0.1) is 10.2 Å². The number of nitrogens with one attached hydrogen (secondary N) is 2. The van der Waals surface area contributed by atoms with E-state index in [-0.39, 0.29) is 16.9 Å². The summed E-state index contributed by atoms with van der Waals surface area (Å²) in [4.78, 5) is 28.7. The van der Waals surface area contributed by atoms with Gasteiger partial charge in [0.15, 0.2) is 0 Å². The van der Waals surface area contributed by atoms with Gasteiger partial charge in [0.2, 0.25) is 5.56 Å². The molecule has 0 fully saturated rings. The van der Waals surface area contributed by atoms with Crippen LogP contribution in [0.5, 0.6) is 5.75 Å². The molecular formula is C11H8N2O3S. The molecular weight excluding hydrogens is 240 g/mol. The van der Waals surface area contributed by atoms with Gasteiger partial charge >= 0.3 is 0 Å². The Morgan fingerprint density at radius 3 is 2.65 bits per heavy atom. The molecule has 0 saturated carbocycles. The van der Waals surface area contributed by atoms with Crippen LogP contribution in [0.15, 0.2) is 21.7 Å². The maximum absolute atomic E-state index is 11.3. The normalized spacial score (nSPS) is 11.4. The lowest BCUT2D eigenvalue weighted by Crippen LogP contribution is -2.04. The number of aryl methyl sites for hydroxylation is 1. The summed E-state index contributed by atoms with van der Waals surface area (Å²) in [5, 5.41) is 10.5. The van der Waals surface area contributed by atoms with E-state index < -0.39 is 0 Å². The van der Waals surface area contributed by atoms with Crippen molar-refractivity contribution >= 4 is 31.8 Å². The van der Waals surface area contributed by atoms with Crippen molar-refractivity contribution < 1.29 is 5.11 Å². The average Bonchev–Trinajstić information content (AvgIpc) is 2.56. The molecule has 0 radical (unpaired) electrons. The molecule has 0 amide bonds. The van der Waals surface area contributed by atoms with E-state index in [1.807, 2.05) is 0 Å². The third-order valence-electron chi connectivity index (χ3n) is 2.64. The molecule has 17 heavy (non-hydrogen) atoms. The molecule has 3 aromatic heterocycles. The van der Waals surface area contributed by atoms with Gasteiger partial charge in [-0.2, -0.15) is 0 Å². The molecule has 0 unspecified atom stereocenters. The minimum absolute atomic E-state index is 0.0646. The first kappa shape index (κ1) is 10.1. The van der Waals surface area contributed by atoms with E-state index in [1.54, 1.807) is 6.92 Å². The molecule has 0 atom stereocenters. The molecule has 86 valence electrons. The van der Waals surface area contributed by atoms with Crippen molar-refractivity contribution in [3.63, 3.8) is 0 Å². The zero-order valence-corrected chi connectivity index (χ0v) is 9.64. The lowest BCUT2D eigenvalue weighted by molar-refractivity contribution is 0.481. The number of thiophene rings is 1. The van der Waals surface area contributed by atoms with Crippen LogP contribution >= 0.6 is 11.3 Å². The Labute approximate surface area is 98.4 Å². The van der Waals surface area contributed by atoms with Crippen LogP contribution in [-0.2, 0) is 0 Å². The first-order valence-electron chi connectivity index (χ1n) is 4.94. The van der Waals surface area contributed by atoms with Crippen LogP contribution < -0.4 is 11.1 Å². The minimum atomic E-state index is -0.361. The maximum Gasteiger partial charge on any atom is 0.252 e. The van der Waals surface area contributed by atoms with Gasteiger partial charge in [0, 0.05) is 17.5 Å². The Morgan fingerprint density at radius 1 is 1.18 bits per heavy atom. The van der Waals surface area contributed by atoms with Gasteiger partial charge in [-0.3, -0.25) is 9.59 Å². The maximum atomic E-state index is 11.3. The Morgan fingerprint density at radius 2 is 1.88 bits per heavy atom. The number of fused-ring (bicyclic) bond motifs is 3. The molecule has 0 saturated heterocycles. The van der Waals surface area contributed by atoms with Gasteiger partial charge in [-0.1, -0.05) is 0 Å². The minimum Gasteiger partial charge on any atom is -0.506 e. The summed E-state index contributed by atoms with van der Waals surface area (Å²) in [6, 6.07) is 2.60. The summed E-state index contributed by atoms with van der Waals surface area (Å²) in [6.45, 7) is 1.80. The van der Waals surface area contributed by atoms with Gasteiger partial charge in [-0.15, -0.1) is 11.3 Å². The number of hydrogen-bond donors (Lipinski definition) is 3. The SMILES string of the molecule is Cc1cc(=O)[nH]c2sc3c(O)cc(=O)[nH]c3c12. The average molecular weight is 248 g/mol. The fourth-order valence-electron chi connectivity index (χ4n) is 1.96. The Kier molecular flexibility index (Phi) is 1.90. The third-order valence-corrected chi connectivity index (χ3v) is 3.76. The van der Waals surface area contributed by atoms with Crippen molar-refractivity contribution in [1.29, 1.82) is 0 Å². The van der Waals surface area contributed by atoms with E-state index in [0.717, 1.165) is 17.0 Å². The summed E-state index contributed by atoms with van der Waals surface area (Å²) < 4.78 is 0.574. The fourth-order valence-corrected chi connectivity index (χ4v) is 3.10. The second-order valence-corrected chi connectivity index (χ2v) is 4.87. The number of hydrogen-bond acceptors (Lipinski definition) is 4. The molecule has 0 aliphatic rings. The predicted molar refractivity (Wildman–Crippen MR) is 67.0 cm³/mol. The Bertz CT molecular complexity index is 857. The van der Waals surface area contributed by atoms with E-state index in [9.17, 15) is 14.7 Å². The van der Waals surface area contributed by atoms with Gasteiger partial charge in [-0.05, 0) is 12.5 Å². The number of rotatable bonds is 0. The summed E-state index contributed by atoms with van der Waals surface area (Å²) in [7, 11) is 0. The summed E-state index contributed by atoms with van der Waals surface area (Å²) in [5.74, 6) is -0.0646. The van der Waals surface area contributed by atoms with Crippen LogP contribution in [0.2, 0.25) is 0 Å². The summed E-state index contributed by atoms with van der Waals surface area (Å²) in [6.07, 6.45) is 0. The standard InChI is InChI=1S/C11H8N2O3S/c1-4-2-6(15)13-11-8(4)9-10(17-11)5(14)3-7(16)12-9/h2-3H,1H3,(H,13,15)(H2,12,14,16). The molecule has 0 aromatic carbocycles. The molecule has 0 aliphatic carbocycles. The Balaban J connectivity index is 2.70. The van der Waals surface area contributed by atoms with Crippen molar-refractivity contribution in [3.8, 4) is 5.75 Å². The third kappa shape index (κ3) is 1.38. The second-order valence-electron chi connectivity index (χ2n) is 3.85. The van der Waals surface area contributed by atoms with Crippen LogP contribution in [0.3, 0.4) is 0 Å². The van der Waals surface area contributed by atoms with Crippen LogP contribution in [0.4, 0.5) is 0 Å². The Hall–Kier alpha value is -2.08. The lowest BCUT2D eigenvalue weighted by atomic mass is 10.2. The quantitative estimate of drug-likeness (QED) is 0.562. The second kappa shape index (κ2) is 3.21. The van der Waals surface area contributed by atoms with Gasteiger partial charge in [-0.25, -0.2) is 0 Å². The van der Waals surface area contributed by atoms with Crippen LogP contribution in [0.25, 0.3) is 20.4 Å². The summed E-state index contributed by atoms with van der Waals surface area (Å²) in [5.41, 5.74) is 0.795. The van der Waals surface area contributed by atoms with E-state index in [1.165, 1.54) is 17.4 Å². The van der Waals surface area contributed by atoms with Crippen molar-refractivity contribution in [2.75, 3.05) is 0 Å². The molecule has 3 aromatic rings. The highest BCUT2D eigenvalue weighted by atomic mass is 32.1. The number of pyridine rings is 2. The molecule has 3 rings (SSSR count). The smallest absolute Gasteiger partial charge is 0.252 e. The van der Waals surface area contributed by atoms with Crippen LogP contribution in [0.1, 0.15) is 5.56 Å². The highest BCUT2D eigenvalue weighted by Gasteiger charge is 2.12. The fraction of sp³-hybridized carbons (Fsp3) is 0.0909. The lowest BCUT2D eigenvalue weighted by Gasteiger charge is -1.96. The largest absolute Gasteiger partial charge is 0.506 e. The number of aromatic amines is 2. The molecule has 5 nitrogen and oxygen atoms in total. The number of aromatic nitrogens is 2. The van der Waals surface area contributed by atoms with Crippen molar-refractivity contribution in [1.82, 2.24) is 9.97 Å². The van der Waals surface area contributed by atoms with Gasteiger partial charge in [0.25, 0.3) is 5.56 Å². The highest BCUT2D eigenvalue weighted by molar-refractivity contribution is 7.25. The van der Waals surface area contributed by atoms with Gasteiger partial charge < -0.3 is 15.1 Å². The first-order chi connectivity index (χ1) is 8.06. The topological polar surface area (TPSA) is 85.9 Å². The van der Waals surface area contributed by atoms with E-state index in [4.69, 9.17) is 0 Å². The summed E-state index contributed by atoms with van der Waals surface area (Å²) >= 11 is 1.25. The van der Waals surface area contributed by atoms with Crippen LogP contribution in [0, 0.1) is 6.92 Å².